The summed E-state index contributed by atoms with van der Waals surface area (Å²) in [6.45, 7) is 0. The van der Waals surface area contributed by atoms with Crippen LogP contribution in [0.5, 0.6) is 5.75 Å². The molecule has 4 rings (SSSR count). The van der Waals surface area contributed by atoms with Gasteiger partial charge in [-0.2, -0.15) is 4.98 Å². The van der Waals surface area contributed by atoms with Crippen molar-refractivity contribution in [3.05, 3.63) is 60.2 Å². The maximum Gasteiger partial charge on any atom is 0.227 e. The van der Waals surface area contributed by atoms with Gasteiger partial charge in [0.05, 0.1) is 6.10 Å². The number of nitrogens with zero attached hydrogens (tertiary/aromatic N) is 2. The van der Waals surface area contributed by atoms with E-state index in [1.165, 1.54) is 25.0 Å². The molecule has 0 radical (unpaired) electrons. The molecule has 0 bridgehead atoms. The molecule has 0 saturated heterocycles. The number of nitrogens with one attached hydrogen (secondary N) is 1. The number of benzene rings is 2. The minimum atomic E-state index is -0.327. The van der Waals surface area contributed by atoms with Gasteiger partial charge >= 0.3 is 0 Å². The molecule has 0 unspecified atom stereocenters. The van der Waals surface area contributed by atoms with E-state index in [0.29, 0.717) is 35.5 Å². The van der Waals surface area contributed by atoms with Gasteiger partial charge in [-0.25, -0.2) is 4.39 Å². The summed E-state index contributed by atoms with van der Waals surface area (Å²) in [4.78, 5) is 16.4. The molecule has 0 aliphatic heterocycles. The fraction of sp³-hybridized carbons (Fsp3) is 0.318. The van der Waals surface area contributed by atoms with Crippen molar-refractivity contribution in [3.63, 3.8) is 0 Å². The Morgan fingerprint density at radius 1 is 1.10 bits per heavy atom. The van der Waals surface area contributed by atoms with Crippen LogP contribution < -0.4 is 10.1 Å². The van der Waals surface area contributed by atoms with Gasteiger partial charge in [0.25, 0.3) is 0 Å². The predicted molar refractivity (Wildman–Crippen MR) is 106 cm³/mol. The highest BCUT2D eigenvalue weighted by Crippen LogP contribution is 2.25. The average molecular weight is 395 g/mol. The zero-order valence-corrected chi connectivity index (χ0v) is 15.9. The van der Waals surface area contributed by atoms with Crippen LogP contribution in [0.25, 0.3) is 11.4 Å². The number of amides is 1. The van der Waals surface area contributed by atoms with Gasteiger partial charge in [0.2, 0.25) is 17.6 Å². The Balaban J connectivity index is 1.26. The first-order chi connectivity index (χ1) is 14.2. The summed E-state index contributed by atoms with van der Waals surface area (Å²) in [7, 11) is 0. The van der Waals surface area contributed by atoms with Crippen molar-refractivity contribution < 1.29 is 18.4 Å². The van der Waals surface area contributed by atoms with Gasteiger partial charge in [0.1, 0.15) is 11.6 Å². The Bertz CT molecular complexity index is 948. The second kappa shape index (κ2) is 8.86. The molecule has 1 amide bonds. The molecule has 150 valence electrons. The van der Waals surface area contributed by atoms with Gasteiger partial charge < -0.3 is 14.6 Å². The number of ether oxygens (including phenoxy) is 1. The zero-order valence-electron chi connectivity index (χ0n) is 15.9. The van der Waals surface area contributed by atoms with E-state index in [9.17, 15) is 9.18 Å². The van der Waals surface area contributed by atoms with Gasteiger partial charge in [-0.15, -0.1) is 0 Å². The number of halogens is 1. The maximum absolute atomic E-state index is 13.0. The molecule has 2 aromatic carbocycles. The SMILES string of the molecule is O=C(CCc1nc(-c2ccc(F)cc2)no1)Nc1ccc(OC2CCCC2)cc1. The molecule has 1 aliphatic rings. The molecular weight excluding hydrogens is 373 g/mol. The molecule has 0 atom stereocenters. The number of hydrogen-bond acceptors (Lipinski definition) is 5. The number of aromatic nitrogens is 2. The average Bonchev–Trinajstić information content (AvgIpc) is 3.41. The van der Waals surface area contributed by atoms with Crippen LogP contribution in [-0.2, 0) is 11.2 Å². The van der Waals surface area contributed by atoms with E-state index in [4.69, 9.17) is 9.26 Å². The number of aryl methyl sites for hydroxylation is 1. The lowest BCUT2D eigenvalue weighted by Crippen LogP contribution is -2.13. The quantitative estimate of drug-likeness (QED) is 0.624. The molecule has 1 fully saturated rings. The van der Waals surface area contributed by atoms with Crippen molar-refractivity contribution >= 4 is 11.6 Å². The number of carbonyl (C=O) groups excluding carboxylic acids is 1. The largest absolute Gasteiger partial charge is 0.490 e. The summed E-state index contributed by atoms with van der Waals surface area (Å²) in [5, 5.41) is 6.73. The molecule has 0 spiro atoms. The monoisotopic (exact) mass is 395 g/mol. The van der Waals surface area contributed by atoms with Crippen LogP contribution in [-0.4, -0.2) is 22.2 Å². The van der Waals surface area contributed by atoms with Gasteiger partial charge in [-0.3, -0.25) is 4.79 Å². The molecule has 6 nitrogen and oxygen atoms in total. The smallest absolute Gasteiger partial charge is 0.227 e. The second-order valence-electron chi connectivity index (χ2n) is 7.12. The number of rotatable bonds is 7. The van der Waals surface area contributed by atoms with E-state index < -0.39 is 0 Å². The maximum atomic E-state index is 13.0. The third kappa shape index (κ3) is 5.19. The fourth-order valence-corrected chi connectivity index (χ4v) is 3.33. The van der Waals surface area contributed by atoms with Crippen molar-refractivity contribution in [2.45, 2.75) is 44.6 Å². The first-order valence-electron chi connectivity index (χ1n) is 9.81. The predicted octanol–water partition coefficient (Wildman–Crippen LogP) is 4.77. The van der Waals surface area contributed by atoms with Crippen molar-refractivity contribution in [2.75, 3.05) is 5.32 Å². The van der Waals surface area contributed by atoms with Crippen LogP contribution in [0.15, 0.2) is 53.1 Å². The van der Waals surface area contributed by atoms with Crippen molar-refractivity contribution in [2.24, 2.45) is 0 Å². The normalized spacial score (nSPS) is 14.1. The van der Waals surface area contributed by atoms with Crippen LogP contribution >= 0.6 is 0 Å². The topological polar surface area (TPSA) is 77.2 Å². The first-order valence-corrected chi connectivity index (χ1v) is 9.81. The Hall–Kier alpha value is -3.22. The lowest BCUT2D eigenvalue weighted by Gasteiger charge is -2.13. The highest BCUT2D eigenvalue weighted by atomic mass is 19.1. The minimum absolute atomic E-state index is 0.143. The molecule has 29 heavy (non-hydrogen) atoms. The van der Waals surface area contributed by atoms with Crippen LogP contribution in [0.4, 0.5) is 10.1 Å². The van der Waals surface area contributed by atoms with E-state index in [0.717, 1.165) is 18.6 Å². The fourth-order valence-electron chi connectivity index (χ4n) is 3.33. The summed E-state index contributed by atoms with van der Waals surface area (Å²) >= 11 is 0. The Morgan fingerprint density at radius 2 is 1.83 bits per heavy atom. The zero-order chi connectivity index (χ0) is 20.1. The lowest BCUT2D eigenvalue weighted by atomic mass is 10.2. The van der Waals surface area contributed by atoms with E-state index in [2.05, 4.69) is 15.5 Å². The number of anilines is 1. The Morgan fingerprint density at radius 3 is 2.55 bits per heavy atom. The van der Waals surface area contributed by atoms with Crippen molar-refractivity contribution in [1.82, 2.24) is 10.1 Å². The first kappa shape index (κ1) is 19.1. The van der Waals surface area contributed by atoms with Crippen LogP contribution in [0.2, 0.25) is 0 Å². The van der Waals surface area contributed by atoms with Crippen LogP contribution in [0, 0.1) is 5.82 Å². The third-order valence-corrected chi connectivity index (χ3v) is 4.88. The molecular formula is C22H22FN3O3. The van der Waals surface area contributed by atoms with Gasteiger partial charge in [0.15, 0.2) is 0 Å². The molecule has 3 aromatic rings. The Kier molecular flexibility index (Phi) is 5.84. The summed E-state index contributed by atoms with van der Waals surface area (Å²) < 4.78 is 24.1. The van der Waals surface area contributed by atoms with E-state index in [1.54, 1.807) is 12.1 Å². The number of hydrogen-bond donors (Lipinski definition) is 1. The van der Waals surface area contributed by atoms with E-state index >= 15 is 0 Å². The van der Waals surface area contributed by atoms with E-state index in [-0.39, 0.29) is 18.1 Å². The van der Waals surface area contributed by atoms with Crippen molar-refractivity contribution in [1.29, 1.82) is 0 Å². The molecule has 1 aromatic heterocycles. The lowest BCUT2D eigenvalue weighted by molar-refractivity contribution is -0.116. The Labute approximate surface area is 168 Å². The summed E-state index contributed by atoms with van der Waals surface area (Å²) in [6, 6.07) is 13.3. The van der Waals surface area contributed by atoms with Crippen molar-refractivity contribution in [3.8, 4) is 17.1 Å². The number of carbonyl (C=O) groups is 1. The summed E-state index contributed by atoms with van der Waals surface area (Å²) in [5.74, 6) is 1.09. The highest BCUT2D eigenvalue weighted by molar-refractivity contribution is 5.90. The van der Waals surface area contributed by atoms with Gasteiger partial charge in [-0.1, -0.05) is 5.16 Å². The minimum Gasteiger partial charge on any atom is -0.490 e. The summed E-state index contributed by atoms with van der Waals surface area (Å²) in [5.41, 5.74) is 1.37. The molecule has 1 saturated carbocycles. The summed E-state index contributed by atoms with van der Waals surface area (Å²) in [6.07, 6.45) is 5.52. The van der Waals surface area contributed by atoms with Gasteiger partial charge in [-0.05, 0) is 74.2 Å². The standard InChI is InChI=1S/C22H22FN3O3/c23-16-7-5-15(6-8-16)22-25-21(29-26-22)14-13-20(27)24-17-9-11-19(12-10-17)28-18-3-1-2-4-18/h5-12,18H,1-4,13-14H2,(H,24,27). The highest BCUT2D eigenvalue weighted by Gasteiger charge is 2.16. The molecule has 1 N–H and O–H groups in total. The second-order valence-corrected chi connectivity index (χ2v) is 7.12. The van der Waals surface area contributed by atoms with Gasteiger partial charge in [0, 0.05) is 24.1 Å². The van der Waals surface area contributed by atoms with E-state index in [1.807, 2.05) is 24.3 Å². The third-order valence-electron chi connectivity index (χ3n) is 4.88. The van der Waals surface area contributed by atoms with Crippen LogP contribution in [0.1, 0.15) is 38.0 Å². The molecule has 1 aliphatic carbocycles. The molecule has 7 heteroatoms. The van der Waals surface area contributed by atoms with Crippen LogP contribution in [0.3, 0.4) is 0 Å². The molecule has 1 heterocycles.